The van der Waals surface area contributed by atoms with Gasteiger partial charge in [0.05, 0.1) is 207 Å². The minimum atomic E-state index is 0.127. The molecule has 21 nitrogen and oxygen atoms in total. The molecule has 29 heteroatoms. The third-order valence-electron chi connectivity index (χ3n) is 26.2. The van der Waals surface area contributed by atoms with Crippen LogP contribution in [0.25, 0.3) is 43.8 Å². The Morgan fingerprint density at radius 1 is 0.364 bits per heavy atom. The zero-order valence-corrected chi connectivity index (χ0v) is 89.8. The molecular weight excluding hydrogens is 1780 g/mol. The van der Waals surface area contributed by atoms with Crippen LogP contribution < -0.4 is 44.1 Å². The molecule has 0 saturated heterocycles. The summed E-state index contributed by atoms with van der Waals surface area (Å²) in [6, 6.07) is 0. The van der Waals surface area contributed by atoms with Gasteiger partial charge in [0.1, 0.15) is 37.8 Å². The SMILES string of the molecule is CC[N+](C)(CC)CCSc1c(Cl)c(OCCC(C)C)c2c(c1OCCC(C)C)C1=Nc3c4c(OCCC(C)C)c(Cl)c(SCC[N+](C)(CC)CC)c(OCCC(C)C)c4c4nc5c6c(OCCC(C)C)c(Cl)c(SCC[N+](C)(CC)CC)c(COCC(C)C)c6c([n+]-5on34)N=c3[nH]c(c4c(COCC(C)C)c(SCC[N+](C)(CC)CC)c(Cl)c(OCCC(C)C)c34)=NC2=N1. The molecule has 0 amide bonds. The van der Waals surface area contributed by atoms with E-state index in [2.05, 4.69) is 199 Å². The maximum absolute atomic E-state index is 8.41. The normalized spacial score (nSPS) is 13.5. The van der Waals surface area contributed by atoms with Gasteiger partial charge in [0.15, 0.2) is 34.7 Å². The van der Waals surface area contributed by atoms with Crippen molar-refractivity contribution in [2.75, 3.05) is 183 Å². The fraction of sp³-hybridized carbons (Fsp3) is 0.680. The minimum absolute atomic E-state index is 0.127. The molecule has 0 radical (unpaired) electrons. The van der Waals surface area contributed by atoms with Crippen LogP contribution in [0.4, 0.5) is 11.6 Å². The Bertz CT molecular complexity index is 5280. The summed E-state index contributed by atoms with van der Waals surface area (Å²) in [5.41, 5.74) is 3.71. The van der Waals surface area contributed by atoms with Crippen molar-refractivity contribution in [1.82, 2.24) is 14.5 Å². The maximum atomic E-state index is 8.41. The van der Waals surface area contributed by atoms with Crippen LogP contribution in [0, 0.1) is 47.3 Å². The van der Waals surface area contributed by atoms with Gasteiger partial charge < -0.3 is 60.8 Å². The average Bonchev–Trinajstić information content (AvgIpc) is 1.53. The number of ether oxygens (including phenoxy) is 8. The van der Waals surface area contributed by atoms with E-state index in [1.165, 1.54) is 0 Å². The van der Waals surface area contributed by atoms with E-state index >= 15 is 0 Å². The molecule has 0 unspecified atom stereocenters. The number of thioether (sulfide) groups is 4. The van der Waals surface area contributed by atoms with Crippen molar-refractivity contribution in [3.8, 4) is 40.3 Å². The van der Waals surface area contributed by atoms with Crippen molar-refractivity contribution in [3.63, 3.8) is 0 Å². The van der Waals surface area contributed by atoms with Crippen molar-refractivity contribution < 1.29 is 65.2 Å². The predicted octanol–water partition coefficient (Wildman–Crippen LogP) is 24.7. The van der Waals surface area contributed by atoms with Crippen molar-refractivity contribution in [2.45, 2.75) is 237 Å². The van der Waals surface area contributed by atoms with Crippen molar-refractivity contribution in [2.24, 2.45) is 67.3 Å². The van der Waals surface area contributed by atoms with E-state index in [0.29, 0.717) is 208 Å². The van der Waals surface area contributed by atoms with Gasteiger partial charge in [-0.1, -0.05) is 162 Å². The molecule has 10 rings (SSSR count). The Kier molecular flexibility index (Phi) is 39.3. The van der Waals surface area contributed by atoms with Gasteiger partial charge >= 0.3 is 0 Å². The highest BCUT2D eigenvalue weighted by Crippen LogP contribution is 2.58. The number of hydrogen-bond donors (Lipinski definition) is 1. The summed E-state index contributed by atoms with van der Waals surface area (Å²) < 4.78 is 73.9. The number of halogens is 4. The zero-order valence-electron chi connectivity index (χ0n) is 83.5. The Morgan fingerprint density at radius 2 is 0.698 bits per heavy atom. The van der Waals surface area contributed by atoms with Crippen LogP contribution in [0.3, 0.4) is 0 Å². The van der Waals surface area contributed by atoms with Crippen molar-refractivity contribution in [3.05, 3.63) is 53.3 Å². The Balaban J connectivity index is 1.61. The molecule has 718 valence electrons. The largest absolute Gasteiger partial charge is 0.492 e. The fourth-order valence-corrected chi connectivity index (χ4v) is 22.2. The highest BCUT2D eigenvalue weighted by molar-refractivity contribution is 8.00. The number of nitrogens with one attached hydrogen (secondary N) is 1. The van der Waals surface area contributed by atoms with Crippen LogP contribution in [0.2, 0.25) is 20.1 Å². The molecule has 129 heavy (non-hydrogen) atoms. The summed E-state index contributed by atoms with van der Waals surface area (Å²) in [7, 11) is 9.28. The number of aromatic amines is 1. The lowest BCUT2D eigenvalue weighted by molar-refractivity contribution is -0.903. The number of amidine groups is 2. The summed E-state index contributed by atoms with van der Waals surface area (Å²) in [4.78, 5) is 37.7. The molecule has 4 aliphatic heterocycles. The number of H-pyrrole nitrogens is 1. The van der Waals surface area contributed by atoms with Gasteiger partial charge in [0.25, 0.3) is 17.3 Å². The van der Waals surface area contributed by atoms with Crippen LogP contribution >= 0.6 is 93.5 Å². The molecule has 2 aromatic heterocycles. The van der Waals surface area contributed by atoms with E-state index in [4.69, 9.17) is 114 Å². The summed E-state index contributed by atoms with van der Waals surface area (Å²) in [5, 5.41) is 5.16. The van der Waals surface area contributed by atoms with Gasteiger partial charge in [0.2, 0.25) is 11.3 Å². The second-order valence-corrected chi connectivity index (χ2v) is 45.7. The average molecular weight is 1940 g/mol. The predicted molar refractivity (Wildman–Crippen MR) is 545 cm³/mol. The van der Waals surface area contributed by atoms with Crippen molar-refractivity contribution >= 4 is 155 Å². The van der Waals surface area contributed by atoms with Gasteiger partial charge in [-0.25, -0.2) is 9.98 Å². The number of aromatic nitrogens is 4. The second-order valence-electron chi connectivity index (χ2n) is 39.8. The number of rotatable bonds is 56. The lowest BCUT2D eigenvalue weighted by atomic mass is 10.0. The van der Waals surface area contributed by atoms with Gasteiger partial charge in [-0.15, -0.1) is 52.0 Å². The maximum Gasteiger partial charge on any atom is 0.287 e. The van der Waals surface area contributed by atoms with Gasteiger partial charge in [0, 0.05) is 62.5 Å². The van der Waals surface area contributed by atoms with Crippen LogP contribution in [-0.2, 0) is 22.7 Å². The first kappa shape index (κ1) is 106. The Labute approximate surface area is 809 Å². The third-order valence-corrected chi connectivity index (χ3v) is 32.5. The smallest absolute Gasteiger partial charge is 0.287 e. The molecule has 4 aliphatic rings. The zero-order chi connectivity index (χ0) is 94.3. The molecule has 1 N–H and O–H groups in total. The van der Waals surface area contributed by atoms with Gasteiger partial charge in [-0.3, -0.25) is 0 Å². The Morgan fingerprint density at radius 3 is 1.11 bits per heavy atom. The number of hydrogen-bond acceptors (Lipinski definition) is 18. The molecular formula is C100H157Cl4N12O9S4+5. The number of nitrogens with zero attached hydrogens (tertiary/aromatic N) is 11. The molecule has 0 fully saturated rings. The number of aliphatic imine (C=N–C) groups is 2. The third kappa shape index (κ3) is 25.3. The van der Waals surface area contributed by atoms with Crippen LogP contribution in [0.5, 0.6) is 34.5 Å². The first-order valence-corrected chi connectivity index (χ1v) is 53.7. The summed E-state index contributed by atoms with van der Waals surface area (Å²) in [6.07, 6.45) is 4.31. The molecule has 0 atom stereocenters. The molecule has 0 saturated carbocycles. The molecule has 0 spiro atoms. The number of quaternary nitrogens is 4. The van der Waals surface area contributed by atoms with Crippen LogP contribution in [-0.4, -0.2) is 227 Å². The molecule has 0 aliphatic carbocycles. The highest BCUT2D eigenvalue weighted by atomic mass is 35.5. The topological polar surface area (TPSA) is 173 Å². The van der Waals surface area contributed by atoms with E-state index in [-0.39, 0.29) is 78.0 Å². The number of benzene rings is 4. The lowest BCUT2D eigenvalue weighted by Crippen LogP contribution is -2.45. The minimum Gasteiger partial charge on any atom is -0.492 e. The first-order valence-electron chi connectivity index (χ1n) is 48.3. The number of fused-ring (bicyclic) bond motifs is 15. The van der Waals surface area contributed by atoms with Crippen molar-refractivity contribution in [1.29, 1.82) is 0 Å². The fourth-order valence-electron chi connectivity index (χ4n) is 15.5. The van der Waals surface area contributed by atoms with E-state index in [1.54, 1.807) is 56.4 Å². The molecule has 6 aromatic rings. The van der Waals surface area contributed by atoms with Gasteiger partial charge in [-0.2, -0.15) is 9.62 Å². The van der Waals surface area contributed by atoms with Crippen LogP contribution in [0.15, 0.2) is 44.2 Å². The quantitative estimate of drug-likeness (QED) is 0.0217. The lowest BCUT2D eigenvalue weighted by Gasteiger charge is -2.32. The van der Waals surface area contributed by atoms with E-state index < -0.39 is 0 Å². The Hall–Kier alpha value is -4.84. The summed E-state index contributed by atoms with van der Waals surface area (Å²) in [5.74, 6) is 8.90. The standard InChI is InChI=1S/C100H156Cl4N12O9S4/c1-29-113(25,30-2)43-53-126-89-69(59-117-57-67(21)22)71-73(83(79(89)101)119-47-37-61(9)10)95-106-93(71)105-94-74-75(87(123-51-41-65(17)18)91(128-55-45-115(27,33-5)34-6)81(103)84(74)120-48-38-62(11)12)96(107-94)109-98-77-78(88(124-52-42-66(19)20)92(129-56-46-116(28,35-7)36-8)82(104)86(77)122-50-40-64(15)16)100-110-99-76-72(97(108-95)111(99)125-112(98)100)70(60-118-58-68(23)24)90(127-54-44-114(26,31-3)32-4)80(102)85(76)121-49-39-63(13)14/h61-68H,29-60H2,1-28H3/q+4/p+1. The molecule has 6 bridgehead atoms. The highest BCUT2D eigenvalue weighted by Gasteiger charge is 2.44. The van der Waals surface area contributed by atoms with Crippen LogP contribution in [0.1, 0.15) is 227 Å². The van der Waals surface area contributed by atoms with Gasteiger partial charge in [-0.05, 0) is 151 Å². The van der Waals surface area contributed by atoms with E-state index in [1.807, 2.05) is 0 Å². The van der Waals surface area contributed by atoms with E-state index in [9.17, 15) is 0 Å². The summed E-state index contributed by atoms with van der Waals surface area (Å²) in [6.45, 7) is 67.5. The summed E-state index contributed by atoms with van der Waals surface area (Å²) >= 11 is 40.3. The molecule has 4 aromatic carbocycles. The second kappa shape index (κ2) is 47.8. The monoisotopic (exact) mass is 1940 g/mol. The van der Waals surface area contributed by atoms with E-state index in [0.717, 1.165) is 159 Å². The molecule has 6 heterocycles. The first-order chi connectivity index (χ1) is 61.3.